The average molecular weight is 1530 g/mol. The molecule has 4 aromatic heterocycles. The van der Waals surface area contributed by atoms with Gasteiger partial charge in [-0.05, 0) is 120 Å². The van der Waals surface area contributed by atoms with Crippen molar-refractivity contribution < 1.29 is 0 Å². The summed E-state index contributed by atoms with van der Waals surface area (Å²) in [6, 6.07) is 153. The van der Waals surface area contributed by atoms with Gasteiger partial charge >= 0.3 is 0 Å². The number of rotatable bonds is 14. The molecular formula is C112H72N8. The third-order valence-corrected chi connectivity index (χ3v) is 22.5. The summed E-state index contributed by atoms with van der Waals surface area (Å²) in [4.78, 5) is 42.0. The minimum Gasteiger partial charge on any atom is -0.246 e. The second kappa shape index (κ2) is 31.6. The van der Waals surface area contributed by atoms with Gasteiger partial charge in [0, 0.05) is 88.0 Å². The normalized spacial score (nSPS) is 11.3. The average Bonchev–Trinajstić information content (AvgIpc) is 0.738. The lowest BCUT2D eigenvalue weighted by Crippen LogP contribution is -2.01. The topological polar surface area (TPSA) is 103 Å². The van der Waals surface area contributed by atoms with Crippen LogP contribution in [0.1, 0.15) is 0 Å². The molecule has 0 bridgehead atoms. The highest BCUT2D eigenvalue weighted by Gasteiger charge is 2.23. The van der Waals surface area contributed by atoms with Gasteiger partial charge in [0.25, 0.3) is 0 Å². The zero-order valence-electron chi connectivity index (χ0n) is 65.1. The lowest BCUT2D eigenvalue weighted by molar-refractivity contribution is 1.07. The molecule has 0 saturated heterocycles. The number of aromatic nitrogens is 8. The monoisotopic (exact) mass is 1530 g/mol. The highest BCUT2D eigenvalue weighted by Crippen LogP contribution is 2.45. The molecule has 0 N–H and O–H groups in total. The minimum absolute atomic E-state index is 0.595. The number of benzene rings is 18. The SMILES string of the molecule is c1ccc(-c2cc(-c3ccccc3)cc(-c3nc(-c4ccccc4)nc(-c4cccc(-c5cccc6c5nc(-c5ccccc5)c5cccc(-c7ccccc7)c56)c4)n3)c2)cc1.c1ccc(-c2nc3c(-c4cccc(-c5nc(-c6ccc7ccccc7c6)nc(-c6ccc7ccccc7c6)n5)c4)cccc3c3c(-c4ccccc4)cccc23)cc1. The Balaban J connectivity index is 0.000000149. The molecule has 8 nitrogen and oxygen atoms in total. The predicted octanol–water partition coefficient (Wildman–Crippen LogP) is 28.8. The first-order valence-corrected chi connectivity index (χ1v) is 40.4. The van der Waals surface area contributed by atoms with Crippen molar-refractivity contribution in [3.05, 3.63) is 437 Å². The highest BCUT2D eigenvalue weighted by atomic mass is 15.0. The van der Waals surface area contributed by atoms with E-state index in [2.05, 4.69) is 406 Å². The van der Waals surface area contributed by atoms with Crippen LogP contribution in [-0.4, -0.2) is 39.9 Å². The molecule has 0 saturated carbocycles. The molecule has 0 aliphatic carbocycles. The Labute approximate surface area is 694 Å². The first-order valence-electron chi connectivity index (χ1n) is 40.4. The number of nitrogens with zero attached hydrogens (tertiary/aromatic N) is 8. The molecular weight excluding hydrogens is 1460 g/mol. The molecule has 0 aliphatic rings. The van der Waals surface area contributed by atoms with Crippen LogP contribution in [0.5, 0.6) is 0 Å². The fraction of sp³-hybridized carbons (Fsp3) is 0. The molecule has 560 valence electrons. The standard InChI is InChI=1S/C58H38N4.C54H34N4/c1-6-19-39(20-7-1)46-36-47(40-21-8-2-9-22-40)38-48(37-46)58-61-56(43-27-14-5-15-28-43)60-57(62-58)45-30-16-29-44(35-45)50-32-18-34-52-53-49(41-23-10-3-11-24-41)31-17-33-51(53)54(59-55(50)52)42-25-12-4-13-26-42;1-3-16-37(17-4-1)45-24-12-26-47-49(45)48-27-13-25-46(51(48)55-50(47)38-18-5-2-6-19-38)41-22-11-23-42(34-41)52-56-53(43-30-28-35-14-7-9-20-39(35)32-43)58-54(57-52)44-31-29-36-15-8-10-21-40(36)33-44/h1-38H;1-34H. The van der Waals surface area contributed by atoms with Crippen LogP contribution < -0.4 is 0 Å². The Kier molecular flexibility index (Phi) is 18.8. The second-order valence-electron chi connectivity index (χ2n) is 30.0. The Morgan fingerprint density at radius 1 is 0.125 bits per heavy atom. The van der Waals surface area contributed by atoms with Gasteiger partial charge in [-0.25, -0.2) is 39.9 Å². The van der Waals surface area contributed by atoms with Gasteiger partial charge in [-0.15, -0.1) is 0 Å². The maximum absolute atomic E-state index is 5.52. The van der Waals surface area contributed by atoms with Crippen LogP contribution in [0.25, 0.3) is 222 Å². The quantitative estimate of drug-likeness (QED) is 0.0992. The first kappa shape index (κ1) is 71.6. The van der Waals surface area contributed by atoms with Crippen molar-refractivity contribution in [2.24, 2.45) is 0 Å². The molecule has 22 rings (SSSR count). The zero-order valence-corrected chi connectivity index (χ0v) is 65.1. The molecule has 0 aliphatic heterocycles. The lowest BCUT2D eigenvalue weighted by Gasteiger charge is -2.16. The van der Waals surface area contributed by atoms with E-state index in [0.29, 0.717) is 34.9 Å². The van der Waals surface area contributed by atoms with Gasteiger partial charge in [0.15, 0.2) is 34.9 Å². The number of hydrogen-bond acceptors (Lipinski definition) is 8. The fourth-order valence-electron chi connectivity index (χ4n) is 16.7. The van der Waals surface area contributed by atoms with Gasteiger partial charge in [-0.3, -0.25) is 0 Å². The van der Waals surface area contributed by atoms with Crippen LogP contribution in [0.3, 0.4) is 0 Å². The van der Waals surface area contributed by atoms with E-state index in [1.54, 1.807) is 0 Å². The van der Waals surface area contributed by atoms with E-state index >= 15 is 0 Å². The molecule has 0 radical (unpaired) electrons. The summed E-state index contributed by atoms with van der Waals surface area (Å²) >= 11 is 0. The summed E-state index contributed by atoms with van der Waals surface area (Å²) < 4.78 is 0. The van der Waals surface area contributed by atoms with E-state index in [4.69, 9.17) is 39.9 Å². The van der Waals surface area contributed by atoms with Crippen molar-refractivity contribution in [3.8, 4) is 158 Å². The fourth-order valence-corrected chi connectivity index (χ4v) is 16.7. The highest BCUT2D eigenvalue weighted by molar-refractivity contribution is 6.21. The Morgan fingerprint density at radius 3 is 0.767 bits per heavy atom. The van der Waals surface area contributed by atoms with Crippen LogP contribution in [-0.2, 0) is 0 Å². The smallest absolute Gasteiger partial charge is 0.164 e. The summed E-state index contributed by atoms with van der Waals surface area (Å²) in [6.45, 7) is 0. The van der Waals surface area contributed by atoms with Gasteiger partial charge in [0.2, 0.25) is 0 Å². The summed E-state index contributed by atoms with van der Waals surface area (Å²) in [7, 11) is 0. The third kappa shape index (κ3) is 14.0. The van der Waals surface area contributed by atoms with Gasteiger partial charge in [0.05, 0.1) is 22.4 Å². The molecule has 0 atom stereocenters. The maximum Gasteiger partial charge on any atom is 0.164 e. The predicted molar refractivity (Wildman–Crippen MR) is 496 cm³/mol. The summed E-state index contributed by atoms with van der Waals surface area (Å²) in [5.74, 6) is 3.68. The minimum atomic E-state index is 0.595. The molecule has 18 aromatic carbocycles. The second-order valence-corrected chi connectivity index (χ2v) is 30.0. The van der Waals surface area contributed by atoms with E-state index in [1.165, 1.54) is 43.8 Å². The molecule has 8 heteroatoms. The van der Waals surface area contributed by atoms with Gasteiger partial charge < -0.3 is 0 Å². The van der Waals surface area contributed by atoms with Gasteiger partial charge in [-0.1, -0.05) is 394 Å². The largest absolute Gasteiger partial charge is 0.246 e. The van der Waals surface area contributed by atoms with Crippen molar-refractivity contribution in [1.29, 1.82) is 0 Å². The maximum atomic E-state index is 5.52. The van der Waals surface area contributed by atoms with E-state index in [0.717, 1.165) is 144 Å². The van der Waals surface area contributed by atoms with Crippen molar-refractivity contribution in [3.63, 3.8) is 0 Å². The Bertz CT molecular complexity index is 7470. The molecule has 0 amide bonds. The van der Waals surface area contributed by atoms with Gasteiger partial charge in [-0.2, -0.15) is 0 Å². The van der Waals surface area contributed by atoms with Crippen molar-refractivity contribution in [1.82, 2.24) is 39.9 Å². The van der Waals surface area contributed by atoms with Crippen LogP contribution in [0.2, 0.25) is 0 Å². The third-order valence-electron chi connectivity index (χ3n) is 22.5. The van der Waals surface area contributed by atoms with E-state index in [1.807, 2.05) is 30.3 Å². The molecule has 22 aromatic rings. The number of pyridine rings is 2. The van der Waals surface area contributed by atoms with E-state index in [9.17, 15) is 0 Å². The van der Waals surface area contributed by atoms with Crippen LogP contribution in [0.4, 0.5) is 0 Å². The molecule has 4 heterocycles. The van der Waals surface area contributed by atoms with Crippen LogP contribution in [0, 0.1) is 0 Å². The van der Waals surface area contributed by atoms with Crippen LogP contribution >= 0.6 is 0 Å². The summed E-state index contributed by atoms with van der Waals surface area (Å²) in [6.07, 6.45) is 0. The van der Waals surface area contributed by atoms with E-state index < -0.39 is 0 Å². The first-order chi connectivity index (χ1) is 59.5. The molecule has 120 heavy (non-hydrogen) atoms. The van der Waals surface area contributed by atoms with E-state index in [-0.39, 0.29) is 0 Å². The van der Waals surface area contributed by atoms with Crippen molar-refractivity contribution in [2.45, 2.75) is 0 Å². The van der Waals surface area contributed by atoms with Crippen molar-refractivity contribution in [2.75, 3.05) is 0 Å². The summed E-state index contributed by atoms with van der Waals surface area (Å²) in [5, 5.41) is 11.4. The lowest BCUT2D eigenvalue weighted by atomic mass is 9.91. The van der Waals surface area contributed by atoms with Crippen molar-refractivity contribution >= 4 is 64.9 Å². The Morgan fingerprint density at radius 2 is 0.383 bits per heavy atom. The summed E-state index contributed by atoms with van der Waals surface area (Å²) in [5.41, 5.74) is 24.7. The van der Waals surface area contributed by atoms with Crippen LogP contribution in [0.15, 0.2) is 437 Å². The molecule has 0 fully saturated rings. The Hall–Kier alpha value is -16.2. The number of para-hydroxylation sites is 2. The zero-order chi connectivity index (χ0) is 79.7. The molecule has 0 unspecified atom stereocenters. The van der Waals surface area contributed by atoms with Gasteiger partial charge in [0.1, 0.15) is 0 Å². The number of fused-ring (bicyclic) bond motifs is 8. The molecule has 0 spiro atoms. The number of hydrogen-bond donors (Lipinski definition) is 0.